The molecule has 0 radical (unpaired) electrons. The number of rotatable bonds is 3. The number of nitrogens with zero attached hydrogens (tertiary/aromatic N) is 2. The standard InChI is InChI=1S/C9H16N2O2/c1-2-10-8-4-3-5-11(6-8)7-9(12)13/h2-7H2,1H3,(H,12,13). The van der Waals surface area contributed by atoms with Gasteiger partial charge in [0.05, 0.1) is 6.54 Å². The minimum Gasteiger partial charge on any atom is -0.480 e. The Balaban J connectivity index is 2.42. The maximum atomic E-state index is 10.5. The van der Waals surface area contributed by atoms with Crippen LogP contribution in [0.4, 0.5) is 0 Å². The van der Waals surface area contributed by atoms with Crippen molar-refractivity contribution in [2.45, 2.75) is 19.8 Å². The lowest BCUT2D eigenvalue weighted by molar-refractivity contribution is -0.138. The number of carboxylic acid groups (broad SMARTS) is 1. The third kappa shape index (κ3) is 3.55. The van der Waals surface area contributed by atoms with Gasteiger partial charge < -0.3 is 5.11 Å². The first-order chi connectivity index (χ1) is 6.22. The van der Waals surface area contributed by atoms with E-state index in [2.05, 4.69) is 4.99 Å². The van der Waals surface area contributed by atoms with Crippen LogP contribution in [0.1, 0.15) is 19.8 Å². The van der Waals surface area contributed by atoms with Crippen LogP contribution in [-0.2, 0) is 4.79 Å². The Bertz CT molecular complexity index is 214. The second-order valence-corrected chi connectivity index (χ2v) is 3.25. The van der Waals surface area contributed by atoms with Gasteiger partial charge in [0.15, 0.2) is 0 Å². The van der Waals surface area contributed by atoms with E-state index in [1.807, 2.05) is 11.8 Å². The van der Waals surface area contributed by atoms with Crippen molar-refractivity contribution in [3.8, 4) is 0 Å². The number of likely N-dealkylation sites (tertiary alicyclic amines) is 1. The number of aliphatic imine (C=N–C) groups is 1. The van der Waals surface area contributed by atoms with E-state index in [1.54, 1.807) is 0 Å². The van der Waals surface area contributed by atoms with Crippen molar-refractivity contribution in [2.75, 3.05) is 26.2 Å². The summed E-state index contributed by atoms with van der Waals surface area (Å²) in [5, 5.41) is 8.60. The Morgan fingerprint density at radius 1 is 1.69 bits per heavy atom. The average Bonchev–Trinajstić information content (AvgIpc) is 2.04. The molecule has 4 heteroatoms. The number of hydrogen-bond acceptors (Lipinski definition) is 3. The Morgan fingerprint density at radius 2 is 2.46 bits per heavy atom. The van der Waals surface area contributed by atoms with Gasteiger partial charge >= 0.3 is 5.97 Å². The van der Waals surface area contributed by atoms with Gasteiger partial charge in [-0.1, -0.05) is 0 Å². The molecule has 1 saturated heterocycles. The molecule has 74 valence electrons. The van der Waals surface area contributed by atoms with Crippen LogP contribution in [0.3, 0.4) is 0 Å². The molecule has 0 unspecified atom stereocenters. The van der Waals surface area contributed by atoms with Gasteiger partial charge in [0.25, 0.3) is 0 Å². The van der Waals surface area contributed by atoms with Crippen molar-refractivity contribution in [1.82, 2.24) is 4.90 Å². The average molecular weight is 184 g/mol. The largest absolute Gasteiger partial charge is 0.480 e. The zero-order chi connectivity index (χ0) is 9.68. The maximum Gasteiger partial charge on any atom is 0.317 e. The molecular formula is C9H16N2O2. The van der Waals surface area contributed by atoms with E-state index in [4.69, 9.17) is 5.11 Å². The lowest BCUT2D eigenvalue weighted by atomic mass is 10.1. The Labute approximate surface area is 78.3 Å². The van der Waals surface area contributed by atoms with Gasteiger partial charge in [-0.25, -0.2) is 0 Å². The highest BCUT2D eigenvalue weighted by molar-refractivity contribution is 5.87. The van der Waals surface area contributed by atoms with E-state index in [0.717, 1.165) is 38.2 Å². The summed E-state index contributed by atoms with van der Waals surface area (Å²) in [7, 11) is 0. The summed E-state index contributed by atoms with van der Waals surface area (Å²) < 4.78 is 0. The van der Waals surface area contributed by atoms with Crippen LogP contribution in [0.5, 0.6) is 0 Å². The summed E-state index contributed by atoms with van der Waals surface area (Å²) in [4.78, 5) is 16.7. The van der Waals surface area contributed by atoms with Crippen molar-refractivity contribution >= 4 is 11.7 Å². The van der Waals surface area contributed by atoms with Crippen LogP contribution in [-0.4, -0.2) is 47.9 Å². The summed E-state index contributed by atoms with van der Waals surface area (Å²) in [6.45, 7) is 4.57. The van der Waals surface area contributed by atoms with E-state index >= 15 is 0 Å². The Morgan fingerprint density at radius 3 is 3.08 bits per heavy atom. The molecular weight excluding hydrogens is 168 g/mol. The highest BCUT2D eigenvalue weighted by atomic mass is 16.4. The van der Waals surface area contributed by atoms with Crippen LogP contribution in [0, 0.1) is 0 Å². The molecule has 1 rings (SSSR count). The summed E-state index contributed by atoms with van der Waals surface area (Å²) in [6, 6.07) is 0. The van der Waals surface area contributed by atoms with E-state index in [0.29, 0.717) is 0 Å². The lowest BCUT2D eigenvalue weighted by Crippen LogP contribution is -2.39. The molecule has 0 aromatic carbocycles. The molecule has 0 atom stereocenters. The summed E-state index contributed by atoms with van der Waals surface area (Å²) in [5.74, 6) is -0.752. The molecule has 0 bridgehead atoms. The zero-order valence-electron chi connectivity index (χ0n) is 7.99. The van der Waals surface area contributed by atoms with Crippen LogP contribution < -0.4 is 0 Å². The second kappa shape index (κ2) is 4.97. The summed E-state index contributed by atoms with van der Waals surface area (Å²) in [5.41, 5.74) is 1.15. The van der Waals surface area contributed by atoms with Crippen molar-refractivity contribution < 1.29 is 9.90 Å². The quantitative estimate of drug-likeness (QED) is 0.699. The van der Waals surface area contributed by atoms with Crippen LogP contribution in [0.2, 0.25) is 0 Å². The van der Waals surface area contributed by atoms with E-state index < -0.39 is 5.97 Å². The lowest BCUT2D eigenvalue weighted by Gasteiger charge is -2.25. The molecule has 0 saturated carbocycles. The van der Waals surface area contributed by atoms with Crippen LogP contribution in [0.15, 0.2) is 4.99 Å². The highest BCUT2D eigenvalue weighted by Crippen LogP contribution is 2.06. The van der Waals surface area contributed by atoms with Crippen molar-refractivity contribution in [1.29, 1.82) is 0 Å². The fraction of sp³-hybridized carbons (Fsp3) is 0.778. The molecule has 1 heterocycles. The van der Waals surface area contributed by atoms with Gasteiger partial charge in [-0.3, -0.25) is 14.7 Å². The smallest absolute Gasteiger partial charge is 0.317 e. The van der Waals surface area contributed by atoms with Crippen molar-refractivity contribution in [2.24, 2.45) is 4.99 Å². The second-order valence-electron chi connectivity index (χ2n) is 3.25. The van der Waals surface area contributed by atoms with Gasteiger partial charge in [-0.05, 0) is 26.3 Å². The molecule has 4 nitrogen and oxygen atoms in total. The number of carboxylic acids is 1. The number of aliphatic carboxylic acids is 1. The molecule has 0 amide bonds. The summed E-state index contributed by atoms with van der Waals surface area (Å²) >= 11 is 0. The number of hydrogen-bond donors (Lipinski definition) is 1. The molecule has 1 N–H and O–H groups in total. The first kappa shape index (κ1) is 10.2. The van der Waals surface area contributed by atoms with Crippen molar-refractivity contribution in [3.05, 3.63) is 0 Å². The predicted octanol–water partition coefficient (Wildman–Crippen LogP) is 0.628. The molecule has 1 aliphatic heterocycles. The Kier molecular flexibility index (Phi) is 3.89. The third-order valence-electron chi connectivity index (χ3n) is 2.09. The van der Waals surface area contributed by atoms with Gasteiger partial charge in [0.1, 0.15) is 0 Å². The SMILES string of the molecule is CCN=C1CCCN(CC(=O)O)C1. The van der Waals surface area contributed by atoms with Gasteiger partial charge in [-0.15, -0.1) is 0 Å². The highest BCUT2D eigenvalue weighted by Gasteiger charge is 2.16. The molecule has 0 aromatic heterocycles. The fourth-order valence-electron chi connectivity index (χ4n) is 1.60. The normalized spacial score (nSPS) is 22.1. The fourth-order valence-corrected chi connectivity index (χ4v) is 1.60. The molecule has 13 heavy (non-hydrogen) atoms. The van der Waals surface area contributed by atoms with E-state index in [9.17, 15) is 4.79 Å². The van der Waals surface area contributed by atoms with Crippen LogP contribution >= 0.6 is 0 Å². The molecule has 1 fully saturated rings. The maximum absolute atomic E-state index is 10.5. The van der Waals surface area contributed by atoms with Crippen molar-refractivity contribution in [3.63, 3.8) is 0 Å². The monoisotopic (exact) mass is 184 g/mol. The van der Waals surface area contributed by atoms with Gasteiger partial charge in [0.2, 0.25) is 0 Å². The van der Waals surface area contributed by atoms with Gasteiger partial charge in [-0.2, -0.15) is 0 Å². The van der Waals surface area contributed by atoms with E-state index in [1.165, 1.54) is 0 Å². The number of carbonyl (C=O) groups is 1. The first-order valence-electron chi connectivity index (χ1n) is 4.68. The minimum absolute atomic E-state index is 0.142. The third-order valence-corrected chi connectivity index (χ3v) is 2.09. The minimum atomic E-state index is -0.752. The Hall–Kier alpha value is -0.900. The molecule has 0 aliphatic carbocycles. The van der Waals surface area contributed by atoms with Crippen LogP contribution in [0.25, 0.3) is 0 Å². The molecule has 1 aliphatic rings. The number of piperidine rings is 1. The zero-order valence-corrected chi connectivity index (χ0v) is 7.99. The predicted molar refractivity (Wildman–Crippen MR) is 51.3 cm³/mol. The molecule has 0 aromatic rings. The first-order valence-corrected chi connectivity index (χ1v) is 4.68. The van der Waals surface area contributed by atoms with Gasteiger partial charge in [0, 0.05) is 18.8 Å². The summed E-state index contributed by atoms with van der Waals surface area (Å²) in [6.07, 6.45) is 2.07. The van der Waals surface area contributed by atoms with E-state index in [-0.39, 0.29) is 6.54 Å². The molecule has 0 spiro atoms. The topological polar surface area (TPSA) is 52.9 Å².